The van der Waals surface area contributed by atoms with Crippen LogP contribution >= 0.6 is 11.6 Å². The van der Waals surface area contributed by atoms with E-state index in [0.29, 0.717) is 17.5 Å². The van der Waals surface area contributed by atoms with E-state index in [4.69, 9.17) is 11.6 Å². The second-order valence-electron chi connectivity index (χ2n) is 10.4. The summed E-state index contributed by atoms with van der Waals surface area (Å²) in [6.45, 7) is 0.220. The van der Waals surface area contributed by atoms with Gasteiger partial charge in [0.1, 0.15) is 12.4 Å². The number of Topliss-reactive ketones (excluding diaryl/α,β-unsaturated/α-hetero) is 1. The fraction of sp³-hybridized carbons (Fsp3) is 0.156. The van der Waals surface area contributed by atoms with Crippen LogP contribution in [0.15, 0.2) is 79.3 Å². The van der Waals surface area contributed by atoms with Crippen molar-refractivity contribution in [2.24, 2.45) is 7.05 Å². The fourth-order valence-electron chi connectivity index (χ4n) is 5.63. The van der Waals surface area contributed by atoms with Gasteiger partial charge in [-0.25, -0.2) is 9.18 Å². The zero-order valence-electron chi connectivity index (χ0n) is 23.8. The molecule has 11 nitrogen and oxygen atoms in total. The van der Waals surface area contributed by atoms with E-state index < -0.39 is 23.7 Å². The third kappa shape index (κ3) is 5.75. The molecule has 1 atom stereocenters. The van der Waals surface area contributed by atoms with Crippen molar-refractivity contribution in [3.05, 3.63) is 118 Å². The molecule has 0 fully saturated rings. The number of carbonyl (C=O) groups is 3. The first-order valence-corrected chi connectivity index (χ1v) is 14.3. The molecule has 5 aromatic rings. The molecule has 1 N–H and O–H groups in total. The molecular weight excluding hydrogens is 601 g/mol. The summed E-state index contributed by atoms with van der Waals surface area (Å²) in [6.07, 6.45) is 5.92. The Morgan fingerprint density at radius 1 is 1.09 bits per heavy atom. The highest BCUT2D eigenvalue weighted by Gasteiger charge is 2.36. The van der Waals surface area contributed by atoms with Crippen LogP contribution in [0.5, 0.6) is 0 Å². The van der Waals surface area contributed by atoms with Crippen LogP contribution in [0.4, 0.5) is 4.39 Å². The number of tetrazole rings is 1. The lowest BCUT2D eigenvalue weighted by molar-refractivity contribution is -0.136. The highest BCUT2D eigenvalue weighted by atomic mass is 35.5. The standard InChI is InChI=1S/C32H25ClFN7O4/c1-39-26(13-15-36-39)22-3-2-4-23-21(22)14-16-40(31(23)28(42)17-19-5-7-20(8-6-19)32(44)45)29(43)12-9-24-27(41-18-35-37-38-41)11-10-25(33)30(24)34/h2-13,15,18,31H,14,16-17H2,1H3,(H,44,45)/b12-9+. The summed E-state index contributed by atoms with van der Waals surface area (Å²) in [7, 11) is 1.83. The van der Waals surface area contributed by atoms with Gasteiger partial charge in [0.2, 0.25) is 5.91 Å². The third-order valence-electron chi connectivity index (χ3n) is 7.78. The number of carbonyl (C=O) groups excluding carboxylic acids is 2. The topological polar surface area (TPSA) is 136 Å². The van der Waals surface area contributed by atoms with Crippen molar-refractivity contribution in [3.63, 3.8) is 0 Å². The number of hydrogen-bond donors (Lipinski definition) is 1. The van der Waals surface area contributed by atoms with E-state index >= 15 is 4.39 Å². The second kappa shape index (κ2) is 12.2. The molecule has 1 aliphatic heterocycles. The Kier molecular flexibility index (Phi) is 8.05. The van der Waals surface area contributed by atoms with Crippen LogP contribution in [-0.2, 0) is 29.5 Å². The Balaban J connectivity index is 1.38. The minimum Gasteiger partial charge on any atom is -0.478 e. The summed E-state index contributed by atoms with van der Waals surface area (Å²) >= 11 is 6.06. The summed E-state index contributed by atoms with van der Waals surface area (Å²) in [4.78, 5) is 40.7. The first kappa shape index (κ1) is 29.6. The molecule has 1 amide bonds. The van der Waals surface area contributed by atoms with Crippen molar-refractivity contribution in [1.29, 1.82) is 0 Å². The highest BCUT2D eigenvalue weighted by Crippen LogP contribution is 2.37. The Bertz CT molecular complexity index is 1950. The van der Waals surface area contributed by atoms with Crippen LogP contribution in [0.25, 0.3) is 23.0 Å². The third-order valence-corrected chi connectivity index (χ3v) is 8.08. The van der Waals surface area contributed by atoms with E-state index in [1.54, 1.807) is 23.0 Å². The number of halogens is 2. The van der Waals surface area contributed by atoms with Gasteiger partial charge in [0.15, 0.2) is 11.6 Å². The van der Waals surface area contributed by atoms with Crippen LogP contribution in [0.2, 0.25) is 5.02 Å². The Morgan fingerprint density at radius 3 is 2.58 bits per heavy atom. The SMILES string of the molecule is Cn1nccc1-c1cccc2c1CCN(C(=O)/C=C/c1c(-n3cnnn3)ccc(Cl)c1F)C2C(=O)Cc1ccc(C(=O)O)cc1. The van der Waals surface area contributed by atoms with Gasteiger partial charge in [-0.2, -0.15) is 9.78 Å². The molecular formula is C32H25ClFN7O4. The summed E-state index contributed by atoms with van der Waals surface area (Å²) in [5.41, 5.74) is 4.36. The molecule has 0 spiro atoms. The maximum Gasteiger partial charge on any atom is 0.335 e. The monoisotopic (exact) mass is 625 g/mol. The molecule has 1 unspecified atom stereocenters. The van der Waals surface area contributed by atoms with E-state index in [0.717, 1.165) is 16.8 Å². The van der Waals surface area contributed by atoms with Gasteiger partial charge in [0.05, 0.1) is 22.0 Å². The van der Waals surface area contributed by atoms with Crippen molar-refractivity contribution >= 4 is 35.3 Å². The predicted molar refractivity (Wildman–Crippen MR) is 162 cm³/mol. The van der Waals surface area contributed by atoms with E-state index in [-0.39, 0.29) is 40.6 Å². The number of hydrogen-bond acceptors (Lipinski definition) is 7. The summed E-state index contributed by atoms with van der Waals surface area (Å²) in [6, 6.07) is 15.5. The molecule has 0 saturated carbocycles. The number of aromatic nitrogens is 6. The maximum atomic E-state index is 15.2. The lowest BCUT2D eigenvalue weighted by Gasteiger charge is -2.37. The number of aromatic carboxylic acids is 1. The van der Waals surface area contributed by atoms with Gasteiger partial charge in [-0.15, -0.1) is 5.10 Å². The molecule has 0 aliphatic carbocycles. The molecule has 6 rings (SSSR count). The maximum absolute atomic E-state index is 15.2. The largest absolute Gasteiger partial charge is 0.478 e. The lowest BCUT2D eigenvalue weighted by Crippen LogP contribution is -2.43. The van der Waals surface area contributed by atoms with Crippen molar-refractivity contribution < 1.29 is 23.9 Å². The van der Waals surface area contributed by atoms with E-state index in [2.05, 4.69) is 20.6 Å². The molecule has 3 aromatic carbocycles. The number of carboxylic acids is 1. The van der Waals surface area contributed by atoms with Gasteiger partial charge in [-0.1, -0.05) is 41.9 Å². The van der Waals surface area contributed by atoms with Crippen LogP contribution in [0.1, 0.15) is 38.7 Å². The van der Waals surface area contributed by atoms with E-state index in [1.807, 2.05) is 31.3 Å². The van der Waals surface area contributed by atoms with E-state index in [9.17, 15) is 19.5 Å². The van der Waals surface area contributed by atoms with Gasteiger partial charge in [-0.05, 0) is 69.9 Å². The molecule has 0 saturated heterocycles. The van der Waals surface area contributed by atoms with Crippen LogP contribution in [-0.4, -0.2) is 64.2 Å². The quantitative estimate of drug-likeness (QED) is 0.249. The summed E-state index contributed by atoms with van der Waals surface area (Å²) in [5.74, 6) is -2.59. The van der Waals surface area contributed by atoms with Gasteiger partial charge < -0.3 is 10.0 Å². The van der Waals surface area contributed by atoms with Crippen molar-refractivity contribution in [2.45, 2.75) is 18.9 Å². The molecule has 1 aliphatic rings. The number of nitrogens with zero attached hydrogens (tertiary/aromatic N) is 7. The first-order chi connectivity index (χ1) is 21.7. The highest BCUT2D eigenvalue weighted by molar-refractivity contribution is 6.31. The number of fused-ring (bicyclic) bond motifs is 1. The van der Waals surface area contributed by atoms with E-state index in [1.165, 1.54) is 52.3 Å². The molecule has 2 aromatic heterocycles. The smallest absolute Gasteiger partial charge is 0.335 e. The van der Waals surface area contributed by atoms with Crippen LogP contribution in [0, 0.1) is 5.82 Å². The van der Waals surface area contributed by atoms with Crippen LogP contribution in [0.3, 0.4) is 0 Å². The zero-order valence-corrected chi connectivity index (χ0v) is 24.6. The van der Waals surface area contributed by atoms with Gasteiger partial charge in [0.25, 0.3) is 0 Å². The molecule has 0 bridgehead atoms. The molecule has 3 heterocycles. The number of carboxylic acid groups (broad SMARTS) is 1. The zero-order chi connectivity index (χ0) is 31.7. The second-order valence-corrected chi connectivity index (χ2v) is 10.8. The lowest BCUT2D eigenvalue weighted by atomic mass is 9.84. The Hall–Kier alpha value is -5.49. The average Bonchev–Trinajstić information content (AvgIpc) is 3.73. The van der Waals surface area contributed by atoms with Gasteiger partial charge in [-0.3, -0.25) is 14.3 Å². The molecule has 226 valence electrons. The predicted octanol–water partition coefficient (Wildman–Crippen LogP) is 4.50. The Labute approximate surface area is 261 Å². The average molecular weight is 626 g/mol. The van der Waals surface area contributed by atoms with Crippen molar-refractivity contribution in [3.8, 4) is 16.9 Å². The number of rotatable bonds is 8. The van der Waals surface area contributed by atoms with Crippen molar-refractivity contribution in [1.82, 2.24) is 34.9 Å². The minimum absolute atomic E-state index is 0.000417. The van der Waals surface area contributed by atoms with Crippen molar-refractivity contribution in [2.75, 3.05) is 6.54 Å². The minimum atomic E-state index is -1.07. The number of amides is 1. The van der Waals surface area contributed by atoms with Crippen LogP contribution < -0.4 is 0 Å². The van der Waals surface area contributed by atoms with Gasteiger partial charge in [0, 0.05) is 43.4 Å². The van der Waals surface area contributed by atoms with Gasteiger partial charge >= 0.3 is 5.97 Å². The molecule has 0 radical (unpaired) electrons. The summed E-state index contributed by atoms with van der Waals surface area (Å²) < 4.78 is 18.2. The normalized spacial score (nSPS) is 14.5. The summed E-state index contributed by atoms with van der Waals surface area (Å²) in [5, 5.41) is 24.4. The number of benzene rings is 3. The number of ketones is 1. The molecule has 13 heteroatoms. The number of aryl methyl sites for hydroxylation is 1. The fourth-order valence-corrected chi connectivity index (χ4v) is 5.80. The first-order valence-electron chi connectivity index (χ1n) is 13.9. The Morgan fingerprint density at radius 2 is 1.89 bits per heavy atom. The molecule has 45 heavy (non-hydrogen) atoms.